The summed E-state index contributed by atoms with van der Waals surface area (Å²) in [5.74, 6) is -0.265. The van der Waals surface area contributed by atoms with Crippen LogP contribution in [0.5, 0.6) is 0 Å². The van der Waals surface area contributed by atoms with Crippen molar-refractivity contribution in [3.8, 4) is 0 Å². The van der Waals surface area contributed by atoms with Crippen LogP contribution in [0.4, 0.5) is 0 Å². The number of ether oxygens (including phenoxy) is 4. The SMILES string of the molecule is CC/C=C\C/C=C\C/C=C\C/C=C\CCCCCCCCC(=O)NC(COC1OC(CO)C(OC2OC(CO)C(O)C(O)C2O)C(O)C1O)C(O)/C=C/CC/C=C/CCCCCCCCCCCCCCCCC. The third kappa shape index (κ3) is 31.0. The van der Waals surface area contributed by atoms with Crippen LogP contribution in [0.25, 0.3) is 0 Å². The lowest BCUT2D eigenvalue weighted by Gasteiger charge is -2.46. The second kappa shape index (κ2) is 45.4. The molecule has 0 aromatic heterocycles. The van der Waals surface area contributed by atoms with E-state index in [0.29, 0.717) is 12.8 Å². The van der Waals surface area contributed by atoms with Crippen LogP contribution in [0.1, 0.15) is 206 Å². The van der Waals surface area contributed by atoms with Crippen LogP contribution in [0, 0.1) is 0 Å². The largest absolute Gasteiger partial charge is 0.394 e. The molecule has 0 spiro atoms. The number of hydrogen-bond acceptors (Lipinski definition) is 13. The van der Waals surface area contributed by atoms with Gasteiger partial charge in [0.15, 0.2) is 12.6 Å². The van der Waals surface area contributed by atoms with E-state index in [1.54, 1.807) is 6.08 Å². The maximum Gasteiger partial charge on any atom is 0.220 e. The Morgan fingerprint density at radius 3 is 1.49 bits per heavy atom. The van der Waals surface area contributed by atoms with Crippen LogP contribution >= 0.6 is 0 Å². The maximum atomic E-state index is 13.2. The zero-order valence-corrected chi connectivity index (χ0v) is 45.8. The zero-order chi connectivity index (χ0) is 53.9. The molecular formula is C60H105NO13. The molecule has 428 valence electrons. The third-order valence-electron chi connectivity index (χ3n) is 13.9. The Balaban J connectivity index is 1.81. The number of hydrogen-bond donors (Lipinski definition) is 9. The van der Waals surface area contributed by atoms with Crippen molar-refractivity contribution in [2.75, 3.05) is 19.8 Å². The van der Waals surface area contributed by atoms with Gasteiger partial charge in [-0.05, 0) is 70.6 Å². The van der Waals surface area contributed by atoms with Crippen LogP contribution < -0.4 is 5.32 Å². The molecule has 2 rings (SSSR count). The van der Waals surface area contributed by atoms with Gasteiger partial charge in [0.2, 0.25) is 5.91 Å². The summed E-state index contributed by atoms with van der Waals surface area (Å²) < 4.78 is 22.7. The van der Waals surface area contributed by atoms with Crippen LogP contribution in [0.2, 0.25) is 0 Å². The van der Waals surface area contributed by atoms with E-state index in [2.05, 4.69) is 79.9 Å². The Morgan fingerprint density at radius 1 is 0.500 bits per heavy atom. The highest BCUT2D eigenvalue weighted by molar-refractivity contribution is 5.76. The first-order chi connectivity index (χ1) is 36.1. The Morgan fingerprint density at radius 2 is 0.946 bits per heavy atom. The Labute approximate surface area is 447 Å². The monoisotopic (exact) mass is 1050 g/mol. The Hall–Kier alpha value is -2.57. The molecule has 2 aliphatic rings. The minimum absolute atomic E-state index is 0.254. The summed E-state index contributed by atoms with van der Waals surface area (Å²) in [6.07, 6.45) is 42.2. The quantitative estimate of drug-likeness (QED) is 0.0205. The molecule has 1 amide bonds. The molecule has 0 aromatic carbocycles. The van der Waals surface area contributed by atoms with Gasteiger partial charge in [0.25, 0.3) is 0 Å². The number of allylic oxidation sites excluding steroid dienone is 11. The standard InChI is InChI=1S/C60H105NO13/c1-3-5-7-9-11-13-15-17-19-21-23-24-26-27-29-31-33-35-37-39-41-43-49(64)48(61-52(65)44-42-40-38-36-34-32-30-28-25-22-20-18-16-14-12-10-8-6-4-2)47-71-59-57(70)55(68)58(51(46-63)73-59)74-60-56(69)54(67)53(66)50(45-62)72-60/h6,8,12,14,18,20,25,28,33,35,41,43,48-51,53-60,62-64,66-70H,3-5,7,9-11,13,15-17,19,21-24,26-27,29-32,34,36-40,42,44-47H2,1-2H3,(H,61,65)/b8-6-,14-12-,20-18-,28-25-,35-33+,43-41+. The lowest BCUT2D eigenvalue weighted by atomic mass is 9.97. The van der Waals surface area contributed by atoms with Gasteiger partial charge in [0.1, 0.15) is 48.8 Å². The second-order valence-corrected chi connectivity index (χ2v) is 20.4. The third-order valence-corrected chi connectivity index (χ3v) is 13.9. The van der Waals surface area contributed by atoms with Crippen molar-refractivity contribution in [3.63, 3.8) is 0 Å². The molecule has 14 heteroatoms. The predicted octanol–water partition coefficient (Wildman–Crippen LogP) is 9.55. The van der Waals surface area contributed by atoms with Gasteiger partial charge in [-0.1, -0.05) is 202 Å². The van der Waals surface area contributed by atoms with Crippen molar-refractivity contribution >= 4 is 5.91 Å². The van der Waals surface area contributed by atoms with Gasteiger partial charge in [-0.3, -0.25) is 4.79 Å². The molecule has 0 saturated carbocycles. The molecule has 2 heterocycles. The second-order valence-electron chi connectivity index (χ2n) is 20.4. The van der Waals surface area contributed by atoms with Gasteiger partial charge >= 0.3 is 0 Å². The molecule has 12 atom stereocenters. The summed E-state index contributed by atoms with van der Waals surface area (Å²) in [5.41, 5.74) is 0. The average molecular weight is 1050 g/mol. The van der Waals surface area contributed by atoms with E-state index in [0.717, 1.165) is 77.0 Å². The fourth-order valence-electron chi connectivity index (χ4n) is 9.18. The Bertz CT molecular complexity index is 1520. The van der Waals surface area contributed by atoms with Gasteiger partial charge in [-0.15, -0.1) is 0 Å². The van der Waals surface area contributed by atoms with Gasteiger partial charge in [0.05, 0.1) is 32.0 Å². The lowest BCUT2D eigenvalue weighted by Crippen LogP contribution is -2.65. The van der Waals surface area contributed by atoms with Crippen LogP contribution in [0.3, 0.4) is 0 Å². The van der Waals surface area contributed by atoms with E-state index in [4.69, 9.17) is 18.9 Å². The number of carbonyl (C=O) groups is 1. The van der Waals surface area contributed by atoms with Gasteiger partial charge in [-0.2, -0.15) is 0 Å². The normalized spacial score (nSPS) is 25.8. The van der Waals surface area contributed by atoms with Crippen LogP contribution in [-0.2, 0) is 23.7 Å². The summed E-state index contributed by atoms with van der Waals surface area (Å²) in [7, 11) is 0. The molecule has 2 fully saturated rings. The fourth-order valence-corrected chi connectivity index (χ4v) is 9.18. The van der Waals surface area contributed by atoms with E-state index in [9.17, 15) is 45.6 Å². The van der Waals surface area contributed by atoms with Crippen molar-refractivity contribution in [2.45, 2.75) is 280 Å². The number of rotatable bonds is 45. The molecule has 0 aliphatic carbocycles. The molecule has 12 unspecified atom stereocenters. The van der Waals surface area contributed by atoms with Gasteiger partial charge in [-0.25, -0.2) is 0 Å². The predicted molar refractivity (Wildman–Crippen MR) is 295 cm³/mol. The van der Waals surface area contributed by atoms with Gasteiger partial charge in [0, 0.05) is 6.42 Å². The highest BCUT2D eigenvalue weighted by Crippen LogP contribution is 2.30. The van der Waals surface area contributed by atoms with Crippen LogP contribution in [-0.4, -0.2) is 140 Å². The van der Waals surface area contributed by atoms with Crippen molar-refractivity contribution < 1.29 is 64.6 Å². The smallest absolute Gasteiger partial charge is 0.220 e. The van der Waals surface area contributed by atoms with E-state index < -0.39 is 86.8 Å². The highest BCUT2D eigenvalue weighted by atomic mass is 16.7. The molecule has 74 heavy (non-hydrogen) atoms. The number of carbonyl (C=O) groups excluding carboxylic acids is 1. The van der Waals surface area contributed by atoms with E-state index in [-0.39, 0.29) is 18.9 Å². The number of nitrogens with one attached hydrogen (secondary N) is 1. The van der Waals surface area contributed by atoms with Gasteiger partial charge < -0.3 is 65.1 Å². The molecule has 0 aromatic rings. The molecule has 14 nitrogen and oxygen atoms in total. The molecular weight excluding hydrogens is 943 g/mol. The first kappa shape index (κ1) is 67.5. The fraction of sp³-hybridized carbons (Fsp3) is 0.783. The molecule has 0 bridgehead atoms. The topological polar surface area (TPSA) is 228 Å². The van der Waals surface area contributed by atoms with Crippen molar-refractivity contribution in [1.29, 1.82) is 0 Å². The summed E-state index contributed by atoms with van der Waals surface area (Å²) in [6, 6.07) is -0.943. The highest BCUT2D eigenvalue weighted by Gasteiger charge is 2.51. The van der Waals surface area contributed by atoms with Crippen molar-refractivity contribution in [1.82, 2.24) is 5.32 Å². The first-order valence-electron chi connectivity index (χ1n) is 29.2. The summed E-state index contributed by atoms with van der Waals surface area (Å²) in [5, 5.41) is 87.0. The van der Waals surface area contributed by atoms with Crippen molar-refractivity contribution in [2.24, 2.45) is 0 Å². The molecule has 9 N–H and O–H groups in total. The summed E-state index contributed by atoms with van der Waals surface area (Å²) in [4.78, 5) is 13.2. The summed E-state index contributed by atoms with van der Waals surface area (Å²) in [6.45, 7) is 2.65. The number of amides is 1. The summed E-state index contributed by atoms with van der Waals surface area (Å²) >= 11 is 0. The number of aliphatic hydroxyl groups is 8. The zero-order valence-electron chi connectivity index (χ0n) is 45.8. The molecule has 2 aliphatic heterocycles. The van der Waals surface area contributed by atoms with Crippen molar-refractivity contribution in [3.05, 3.63) is 72.9 Å². The lowest BCUT2D eigenvalue weighted by molar-refractivity contribution is -0.359. The number of aliphatic hydroxyl groups excluding tert-OH is 8. The molecule has 0 radical (unpaired) electrons. The first-order valence-corrected chi connectivity index (χ1v) is 29.2. The van der Waals surface area contributed by atoms with E-state index >= 15 is 0 Å². The van der Waals surface area contributed by atoms with E-state index in [1.807, 2.05) is 6.08 Å². The van der Waals surface area contributed by atoms with Crippen LogP contribution in [0.15, 0.2) is 72.9 Å². The molecule has 2 saturated heterocycles. The minimum atomic E-state index is -1.80. The van der Waals surface area contributed by atoms with E-state index in [1.165, 1.54) is 96.3 Å². The Kier molecular flexibility index (Phi) is 41.5. The number of unbranched alkanes of at least 4 members (excludes halogenated alkanes) is 22. The average Bonchev–Trinajstić information content (AvgIpc) is 3.40. The minimum Gasteiger partial charge on any atom is -0.394 e. The maximum absolute atomic E-state index is 13.2.